The highest BCUT2D eigenvalue weighted by molar-refractivity contribution is 4.77. The highest BCUT2D eigenvalue weighted by atomic mass is 14.9. The van der Waals surface area contributed by atoms with Crippen LogP contribution in [0.15, 0.2) is 12.4 Å². The van der Waals surface area contributed by atoms with Crippen molar-refractivity contribution < 1.29 is 0 Å². The second kappa shape index (κ2) is 4.20. The number of rotatable bonds is 3. The Kier molecular flexibility index (Phi) is 3.93. The Labute approximate surface area is 63.7 Å². The molecule has 0 unspecified atom stereocenters. The van der Waals surface area contributed by atoms with Gasteiger partial charge < -0.3 is 10.6 Å². The summed E-state index contributed by atoms with van der Waals surface area (Å²) in [4.78, 5) is 0. The third-order valence-electron chi connectivity index (χ3n) is 1.00. The average Bonchev–Trinajstić information content (AvgIpc) is 1.78. The lowest BCUT2D eigenvalue weighted by Gasteiger charge is -2.17. The minimum absolute atomic E-state index is 0.359. The van der Waals surface area contributed by atoms with Crippen molar-refractivity contribution in [1.82, 2.24) is 10.6 Å². The van der Waals surface area contributed by atoms with Crippen molar-refractivity contribution in [1.29, 1.82) is 0 Å². The zero-order valence-corrected chi connectivity index (χ0v) is 7.36. The van der Waals surface area contributed by atoms with E-state index in [0.29, 0.717) is 5.41 Å². The Morgan fingerprint density at radius 3 is 2.20 bits per heavy atom. The topological polar surface area (TPSA) is 24.1 Å². The molecule has 0 rings (SSSR count). The molecule has 0 amide bonds. The highest BCUT2D eigenvalue weighted by Crippen LogP contribution is 2.09. The van der Waals surface area contributed by atoms with E-state index < -0.39 is 0 Å². The van der Waals surface area contributed by atoms with Crippen LogP contribution in [0.4, 0.5) is 0 Å². The van der Waals surface area contributed by atoms with Crippen LogP contribution in [0, 0.1) is 5.41 Å². The van der Waals surface area contributed by atoms with Crippen molar-refractivity contribution in [3.8, 4) is 0 Å². The minimum Gasteiger partial charge on any atom is -0.393 e. The SMILES string of the molecule is CN/C=C\NCC(C)(C)C. The predicted molar refractivity (Wildman–Crippen MR) is 45.7 cm³/mol. The first-order chi connectivity index (χ1) is 4.56. The van der Waals surface area contributed by atoms with Gasteiger partial charge in [-0.2, -0.15) is 0 Å². The molecule has 0 bridgehead atoms. The summed E-state index contributed by atoms with van der Waals surface area (Å²) in [5.74, 6) is 0. The smallest absolute Gasteiger partial charge is 0.0190 e. The summed E-state index contributed by atoms with van der Waals surface area (Å²) in [5, 5.41) is 6.09. The molecule has 0 heterocycles. The second-order valence-corrected chi connectivity index (χ2v) is 3.56. The third-order valence-corrected chi connectivity index (χ3v) is 1.00. The zero-order valence-electron chi connectivity index (χ0n) is 7.36. The molecule has 2 heteroatoms. The molecule has 0 saturated heterocycles. The van der Waals surface area contributed by atoms with Crippen LogP contribution in [0.3, 0.4) is 0 Å². The molecule has 0 atom stereocenters. The van der Waals surface area contributed by atoms with Gasteiger partial charge in [-0.25, -0.2) is 0 Å². The maximum Gasteiger partial charge on any atom is 0.0190 e. The lowest BCUT2D eigenvalue weighted by molar-refractivity contribution is 0.402. The van der Waals surface area contributed by atoms with Crippen molar-refractivity contribution in [2.45, 2.75) is 20.8 Å². The van der Waals surface area contributed by atoms with Gasteiger partial charge in [0.1, 0.15) is 0 Å². The van der Waals surface area contributed by atoms with Crippen molar-refractivity contribution in [2.75, 3.05) is 13.6 Å². The van der Waals surface area contributed by atoms with E-state index in [1.165, 1.54) is 0 Å². The van der Waals surface area contributed by atoms with Gasteiger partial charge in [-0.3, -0.25) is 0 Å². The molecule has 0 saturated carbocycles. The van der Waals surface area contributed by atoms with Gasteiger partial charge in [-0.15, -0.1) is 0 Å². The fourth-order valence-electron chi connectivity index (χ4n) is 0.507. The summed E-state index contributed by atoms with van der Waals surface area (Å²) in [5.41, 5.74) is 0.359. The maximum atomic E-state index is 3.18. The van der Waals surface area contributed by atoms with Gasteiger partial charge in [-0.05, 0) is 5.41 Å². The van der Waals surface area contributed by atoms with Crippen molar-refractivity contribution in [3.63, 3.8) is 0 Å². The summed E-state index contributed by atoms with van der Waals surface area (Å²) >= 11 is 0. The molecule has 0 aromatic heterocycles. The van der Waals surface area contributed by atoms with E-state index in [1.807, 2.05) is 19.4 Å². The van der Waals surface area contributed by atoms with Gasteiger partial charge in [-0.1, -0.05) is 20.8 Å². The van der Waals surface area contributed by atoms with E-state index >= 15 is 0 Å². The number of hydrogen-bond donors (Lipinski definition) is 2. The summed E-state index contributed by atoms with van der Waals surface area (Å²) < 4.78 is 0. The van der Waals surface area contributed by atoms with Crippen molar-refractivity contribution in [3.05, 3.63) is 12.4 Å². The predicted octanol–water partition coefficient (Wildman–Crippen LogP) is 1.31. The molecule has 0 fully saturated rings. The summed E-state index contributed by atoms with van der Waals surface area (Å²) in [6.45, 7) is 7.61. The molecule has 0 aromatic carbocycles. The van der Waals surface area contributed by atoms with Crippen molar-refractivity contribution >= 4 is 0 Å². The fraction of sp³-hybridized carbons (Fsp3) is 0.750. The van der Waals surface area contributed by atoms with E-state index in [1.54, 1.807) is 0 Å². The normalized spacial score (nSPS) is 12.0. The Morgan fingerprint density at radius 1 is 1.20 bits per heavy atom. The van der Waals surface area contributed by atoms with Crippen LogP contribution >= 0.6 is 0 Å². The van der Waals surface area contributed by atoms with E-state index in [0.717, 1.165) is 6.54 Å². The summed E-state index contributed by atoms with van der Waals surface area (Å²) in [6.07, 6.45) is 3.80. The molecule has 0 aliphatic heterocycles. The van der Waals surface area contributed by atoms with Crippen LogP contribution in [-0.2, 0) is 0 Å². The quantitative estimate of drug-likeness (QED) is 0.621. The molecular formula is C8H18N2. The van der Waals surface area contributed by atoms with Crippen LogP contribution < -0.4 is 10.6 Å². The maximum absolute atomic E-state index is 3.18. The Morgan fingerprint density at radius 2 is 1.80 bits per heavy atom. The molecule has 0 aromatic rings. The first kappa shape index (κ1) is 9.34. The summed E-state index contributed by atoms with van der Waals surface area (Å²) in [6, 6.07) is 0. The first-order valence-electron chi connectivity index (χ1n) is 3.62. The van der Waals surface area contributed by atoms with Gasteiger partial charge in [0, 0.05) is 26.0 Å². The van der Waals surface area contributed by atoms with Gasteiger partial charge in [0.2, 0.25) is 0 Å². The van der Waals surface area contributed by atoms with Crippen LogP contribution in [-0.4, -0.2) is 13.6 Å². The molecule has 10 heavy (non-hydrogen) atoms. The van der Waals surface area contributed by atoms with E-state index in [4.69, 9.17) is 0 Å². The lowest BCUT2D eigenvalue weighted by atomic mass is 9.97. The standard InChI is InChI=1S/C8H18N2/c1-8(2,3)7-10-6-5-9-4/h5-6,9-10H,7H2,1-4H3/b6-5-. The molecule has 0 aliphatic carbocycles. The Bertz CT molecular complexity index is 100. The van der Waals surface area contributed by atoms with Gasteiger partial charge in [0.15, 0.2) is 0 Å². The second-order valence-electron chi connectivity index (χ2n) is 3.56. The number of hydrogen-bond acceptors (Lipinski definition) is 2. The van der Waals surface area contributed by atoms with E-state index in [9.17, 15) is 0 Å². The molecule has 0 spiro atoms. The van der Waals surface area contributed by atoms with Crippen LogP contribution in [0.25, 0.3) is 0 Å². The molecule has 60 valence electrons. The molecule has 2 nitrogen and oxygen atoms in total. The molecule has 2 N–H and O–H groups in total. The van der Waals surface area contributed by atoms with Gasteiger partial charge in [0.05, 0.1) is 0 Å². The third kappa shape index (κ3) is 7.34. The van der Waals surface area contributed by atoms with Gasteiger partial charge >= 0.3 is 0 Å². The zero-order chi connectivity index (χ0) is 8.04. The monoisotopic (exact) mass is 142 g/mol. The lowest BCUT2D eigenvalue weighted by Crippen LogP contribution is -2.22. The molecule has 0 radical (unpaired) electrons. The number of nitrogens with one attached hydrogen (secondary N) is 2. The van der Waals surface area contributed by atoms with Crippen molar-refractivity contribution in [2.24, 2.45) is 5.41 Å². The fourth-order valence-corrected chi connectivity index (χ4v) is 0.507. The minimum atomic E-state index is 0.359. The summed E-state index contributed by atoms with van der Waals surface area (Å²) in [7, 11) is 1.88. The highest BCUT2D eigenvalue weighted by Gasteiger charge is 2.06. The van der Waals surface area contributed by atoms with E-state index in [-0.39, 0.29) is 0 Å². The van der Waals surface area contributed by atoms with Crippen LogP contribution in [0.5, 0.6) is 0 Å². The Hall–Kier alpha value is -0.660. The van der Waals surface area contributed by atoms with Crippen LogP contribution in [0.1, 0.15) is 20.8 Å². The van der Waals surface area contributed by atoms with Gasteiger partial charge in [0.25, 0.3) is 0 Å². The largest absolute Gasteiger partial charge is 0.393 e. The Balaban J connectivity index is 3.28. The van der Waals surface area contributed by atoms with Crippen LogP contribution in [0.2, 0.25) is 0 Å². The molecule has 0 aliphatic rings. The molecular weight excluding hydrogens is 124 g/mol. The van der Waals surface area contributed by atoms with E-state index in [2.05, 4.69) is 31.4 Å². The first-order valence-corrected chi connectivity index (χ1v) is 3.62. The average molecular weight is 142 g/mol.